The number of carbonyl (C=O) groups is 1. The number of fused-ring (bicyclic) bond motifs is 1. The van der Waals surface area contributed by atoms with Crippen molar-refractivity contribution in [3.05, 3.63) is 36.0 Å². The Labute approximate surface area is 105 Å². The minimum atomic E-state index is -0.378. The minimum absolute atomic E-state index is 0.0620. The molecule has 0 radical (unpaired) electrons. The molecular formula is C14H14N2O2. The Morgan fingerprint density at radius 2 is 2.11 bits per heavy atom. The topological polar surface area (TPSA) is 65.2 Å². The zero-order valence-electron chi connectivity index (χ0n) is 9.93. The Morgan fingerprint density at radius 3 is 2.83 bits per heavy atom. The quantitative estimate of drug-likeness (QED) is 0.822. The molecular weight excluding hydrogens is 228 g/mol. The van der Waals surface area contributed by atoms with Gasteiger partial charge in [-0.2, -0.15) is 0 Å². The van der Waals surface area contributed by atoms with E-state index in [9.17, 15) is 4.79 Å². The predicted octanol–water partition coefficient (Wildman–Crippen LogP) is 2.53. The number of ether oxygens (including phenoxy) is 1. The maximum absolute atomic E-state index is 11.9. The maximum atomic E-state index is 11.9. The number of para-hydroxylation sites is 1. The Balaban J connectivity index is 1.94. The third-order valence-electron chi connectivity index (χ3n) is 3.28. The first-order valence-electron chi connectivity index (χ1n) is 6.10. The number of rotatable bonds is 2. The molecule has 92 valence electrons. The van der Waals surface area contributed by atoms with E-state index in [0.29, 0.717) is 5.69 Å². The molecule has 0 spiro atoms. The molecule has 2 aromatic rings. The van der Waals surface area contributed by atoms with Gasteiger partial charge in [-0.15, -0.1) is 0 Å². The molecule has 1 fully saturated rings. The van der Waals surface area contributed by atoms with E-state index in [1.165, 1.54) is 0 Å². The van der Waals surface area contributed by atoms with Crippen LogP contribution in [0.2, 0.25) is 0 Å². The van der Waals surface area contributed by atoms with Gasteiger partial charge in [-0.3, -0.25) is 0 Å². The second kappa shape index (κ2) is 4.29. The summed E-state index contributed by atoms with van der Waals surface area (Å²) in [6, 6.07) is 9.08. The van der Waals surface area contributed by atoms with Crippen LogP contribution in [-0.4, -0.2) is 17.1 Å². The lowest BCUT2D eigenvalue weighted by Crippen LogP contribution is -2.25. The van der Waals surface area contributed by atoms with Gasteiger partial charge >= 0.3 is 5.97 Å². The van der Waals surface area contributed by atoms with Crippen LogP contribution in [0.4, 0.5) is 5.69 Å². The third kappa shape index (κ3) is 1.90. The van der Waals surface area contributed by atoms with E-state index < -0.39 is 0 Å². The summed E-state index contributed by atoms with van der Waals surface area (Å²) in [5.41, 5.74) is 7.49. The average Bonchev–Trinajstić information content (AvgIpc) is 2.33. The van der Waals surface area contributed by atoms with Gasteiger partial charge in [0.2, 0.25) is 0 Å². The van der Waals surface area contributed by atoms with Gasteiger partial charge in [0.15, 0.2) is 5.69 Å². The van der Waals surface area contributed by atoms with Crippen molar-refractivity contribution in [3.63, 3.8) is 0 Å². The molecule has 0 atom stereocenters. The van der Waals surface area contributed by atoms with E-state index in [2.05, 4.69) is 4.98 Å². The molecule has 1 aliphatic carbocycles. The van der Waals surface area contributed by atoms with Gasteiger partial charge in [0.1, 0.15) is 6.10 Å². The highest BCUT2D eigenvalue weighted by atomic mass is 16.5. The number of nitrogens with zero attached hydrogens (tertiary/aromatic N) is 1. The van der Waals surface area contributed by atoms with Crippen molar-refractivity contribution in [2.24, 2.45) is 0 Å². The second-order valence-electron chi connectivity index (χ2n) is 4.57. The number of hydrogen-bond donors (Lipinski definition) is 1. The molecule has 0 saturated heterocycles. The zero-order chi connectivity index (χ0) is 12.5. The summed E-state index contributed by atoms with van der Waals surface area (Å²) in [5.74, 6) is -0.378. The average molecular weight is 242 g/mol. The molecule has 0 bridgehead atoms. The molecule has 4 nitrogen and oxygen atoms in total. The van der Waals surface area contributed by atoms with Crippen molar-refractivity contribution in [1.29, 1.82) is 0 Å². The fourth-order valence-corrected chi connectivity index (χ4v) is 2.01. The monoisotopic (exact) mass is 242 g/mol. The summed E-state index contributed by atoms with van der Waals surface area (Å²) in [6.07, 6.45) is 3.10. The van der Waals surface area contributed by atoms with Gasteiger partial charge in [-0.05, 0) is 31.4 Å². The number of nitrogen functional groups attached to an aromatic ring is 1. The maximum Gasteiger partial charge on any atom is 0.357 e. The highest BCUT2D eigenvalue weighted by Gasteiger charge is 2.23. The molecule has 3 rings (SSSR count). The fraction of sp³-hybridized carbons (Fsp3) is 0.286. The Morgan fingerprint density at radius 1 is 1.33 bits per heavy atom. The van der Waals surface area contributed by atoms with Crippen LogP contribution >= 0.6 is 0 Å². The van der Waals surface area contributed by atoms with Crippen molar-refractivity contribution in [2.75, 3.05) is 5.73 Å². The van der Waals surface area contributed by atoms with E-state index in [1.54, 1.807) is 6.07 Å². The number of anilines is 1. The van der Waals surface area contributed by atoms with Gasteiger partial charge in [-0.1, -0.05) is 18.2 Å². The normalized spacial score (nSPS) is 15.3. The van der Waals surface area contributed by atoms with Gasteiger partial charge in [-0.25, -0.2) is 9.78 Å². The SMILES string of the molecule is Nc1cc(C(=O)OC2CCC2)nc2ccccc12. The lowest BCUT2D eigenvalue weighted by Gasteiger charge is -2.24. The van der Waals surface area contributed by atoms with Crippen LogP contribution in [0.5, 0.6) is 0 Å². The molecule has 0 aliphatic heterocycles. The van der Waals surface area contributed by atoms with Crippen LogP contribution in [0.1, 0.15) is 29.8 Å². The van der Waals surface area contributed by atoms with Crippen LogP contribution in [0.3, 0.4) is 0 Å². The highest BCUT2D eigenvalue weighted by Crippen LogP contribution is 2.24. The van der Waals surface area contributed by atoms with Crippen molar-refractivity contribution in [1.82, 2.24) is 4.98 Å². The van der Waals surface area contributed by atoms with Crippen LogP contribution in [-0.2, 0) is 4.74 Å². The molecule has 1 aromatic heterocycles. The second-order valence-corrected chi connectivity index (χ2v) is 4.57. The third-order valence-corrected chi connectivity index (χ3v) is 3.28. The van der Waals surface area contributed by atoms with E-state index in [1.807, 2.05) is 24.3 Å². The lowest BCUT2D eigenvalue weighted by atomic mass is 9.96. The summed E-state index contributed by atoms with van der Waals surface area (Å²) in [5, 5.41) is 0.859. The number of carbonyl (C=O) groups excluding carboxylic acids is 1. The minimum Gasteiger partial charge on any atom is -0.458 e. The number of pyridine rings is 1. The summed E-state index contributed by atoms with van der Waals surface area (Å²) in [4.78, 5) is 16.2. The van der Waals surface area contributed by atoms with Crippen molar-refractivity contribution in [3.8, 4) is 0 Å². The largest absolute Gasteiger partial charge is 0.458 e. The summed E-state index contributed by atoms with van der Waals surface area (Å²) in [6.45, 7) is 0. The van der Waals surface area contributed by atoms with E-state index in [0.717, 1.165) is 30.2 Å². The van der Waals surface area contributed by atoms with Crippen LogP contribution in [0.25, 0.3) is 10.9 Å². The van der Waals surface area contributed by atoms with Crippen molar-refractivity contribution < 1.29 is 9.53 Å². The molecule has 0 unspecified atom stereocenters. The first-order valence-corrected chi connectivity index (χ1v) is 6.10. The molecule has 2 N–H and O–H groups in total. The highest BCUT2D eigenvalue weighted by molar-refractivity contribution is 5.96. The summed E-state index contributed by atoms with van der Waals surface area (Å²) in [7, 11) is 0. The molecule has 1 aliphatic rings. The van der Waals surface area contributed by atoms with Gasteiger partial charge in [0.05, 0.1) is 5.52 Å². The molecule has 1 saturated carbocycles. The standard InChI is InChI=1S/C14H14N2O2/c15-11-8-13(14(17)18-9-4-3-5-9)16-12-7-2-1-6-10(11)12/h1-2,6-9H,3-5H2,(H2,15,16). The van der Waals surface area contributed by atoms with Crippen LogP contribution in [0, 0.1) is 0 Å². The Hall–Kier alpha value is -2.10. The fourth-order valence-electron chi connectivity index (χ4n) is 2.01. The van der Waals surface area contributed by atoms with Crippen LogP contribution in [0.15, 0.2) is 30.3 Å². The Kier molecular flexibility index (Phi) is 2.63. The number of aromatic nitrogens is 1. The first kappa shape index (κ1) is 11.0. The smallest absolute Gasteiger partial charge is 0.357 e. The lowest BCUT2D eigenvalue weighted by molar-refractivity contribution is 0.00842. The van der Waals surface area contributed by atoms with Gasteiger partial charge < -0.3 is 10.5 Å². The summed E-state index contributed by atoms with van der Waals surface area (Å²) >= 11 is 0. The van der Waals surface area contributed by atoms with E-state index in [-0.39, 0.29) is 17.8 Å². The van der Waals surface area contributed by atoms with Crippen molar-refractivity contribution >= 4 is 22.6 Å². The van der Waals surface area contributed by atoms with Crippen LogP contribution < -0.4 is 5.73 Å². The first-order chi connectivity index (χ1) is 8.74. The molecule has 0 amide bonds. The molecule has 4 heteroatoms. The zero-order valence-corrected chi connectivity index (χ0v) is 9.93. The summed E-state index contributed by atoms with van der Waals surface area (Å²) < 4.78 is 5.32. The molecule has 18 heavy (non-hydrogen) atoms. The number of benzene rings is 1. The number of esters is 1. The number of nitrogens with two attached hydrogens (primary N) is 1. The Bertz CT molecular complexity index is 606. The van der Waals surface area contributed by atoms with Gasteiger partial charge in [0, 0.05) is 11.1 Å². The predicted molar refractivity (Wildman–Crippen MR) is 69.2 cm³/mol. The van der Waals surface area contributed by atoms with Crippen molar-refractivity contribution in [2.45, 2.75) is 25.4 Å². The molecule has 1 aromatic carbocycles. The molecule has 1 heterocycles. The van der Waals surface area contributed by atoms with E-state index >= 15 is 0 Å². The van der Waals surface area contributed by atoms with E-state index in [4.69, 9.17) is 10.5 Å². The van der Waals surface area contributed by atoms with Gasteiger partial charge in [0.25, 0.3) is 0 Å². The number of hydrogen-bond acceptors (Lipinski definition) is 4.